The highest BCUT2D eigenvalue weighted by molar-refractivity contribution is 5.93. The van der Waals surface area contributed by atoms with Crippen molar-refractivity contribution in [2.24, 2.45) is 5.73 Å². The summed E-state index contributed by atoms with van der Waals surface area (Å²) in [6.07, 6.45) is 4.13. The highest BCUT2D eigenvalue weighted by Crippen LogP contribution is 2.34. The van der Waals surface area contributed by atoms with Crippen LogP contribution in [0.15, 0.2) is 18.2 Å². The van der Waals surface area contributed by atoms with Crippen LogP contribution in [0.1, 0.15) is 109 Å². The van der Waals surface area contributed by atoms with E-state index in [9.17, 15) is 19.2 Å². The number of ether oxygens (including phenoxy) is 1. The second-order valence-electron chi connectivity index (χ2n) is 12.6. The third kappa shape index (κ3) is 9.55. The molecule has 0 aromatic heterocycles. The van der Waals surface area contributed by atoms with Gasteiger partial charge in [-0.05, 0) is 91.3 Å². The number of amides is 4. The molecule has 1 saturated carbocycles. The van der Waals surface area contributed by atoms with E-state index in [1.165, 1.54) is 0 Å². The topological polar surface area (TPSA) is 131 Å². The zero-order valence-corrected chi connectivity index (χ0v) is 25.0. The second-order valence-corrected chi connectivity index (χ2v) is 12.6. The molecule has 4 N–H and O–H groups in total. The summed E-state index contributed by atoms with van der Waals surface area (Å²) in [4.78, 5) is 54.4. The van der Waals surface area contributed by atoms with Crippen LogP contribution in [0.2, 0.25) is 0 Å². The van der Waals surface area contributed by atoms with Crippen molar-refractivity contribution in [3.05, 3.63) is 34.9 Å². The number of carbonyl (C=O) groups is 4. The Morgan fingerprint density at radius 1 is 1.00 bits per heavy atom. The molecule has 39 heavy (non-hydrogen) atoms. The SMILES string of the molecule is Cc1cccc(C)c1C(C(=O)NC1CCCCC1)N(C(=O)C(CCC(N)=O)NC(=O)OC(C)(C)C)C(C)(C)C. The number of benzene rings is 1. The van der Waals surface area contributed by atoms with Crippen LogP contribution >= 0.6 is 0 Å². The van der Waals surface area contributed by atoms with Crippen molar-refractivity contribution in [3.8, 4) is 0 Å². The molecule has 0 saturated heterocycles. The number of primary amides is 1. The number of nitrogens with zero attached hydrogens (tertiary/aromatic N) is 1. The predicted molar refractivity (Wildman–Crippen MR) is 152 cm³/mol. The molecule has 2 unspecified atom stereocenters. The molecule has 9 heteroatoms. The molecule has 1 aromatic rings. The highest BCUT2D eigenvalue weighted by Gasteiger charge is 2.43. The fourth-order valence-electron chi connectivity index (χ4n) is 5.17. The van der Waals surface area contributed by atoms with Gasteiger partial charge in [0.25, 0.3) is 0 Å². The Labute approximate surface area is 233 Å². The van der Waals surface area contributed by atoms with Crippen molar-refractivity contribution in [2.75, 3.05) is 0 Å². The number of carbonyl (C=O) groups excluding carboxylic acids is 4. The molecule has 1 aromatic carbocycles. The van der Waals surface area contributed by atoms with Gasteiger partial charge in [0.2, 0.25) is 17.7 Å². The fraction of sp³-hybridized carbons (Fsp3) is 0.667. The average molecular weight is 545 g/mol. The standard InChI is InChI=1S/C30H48N4O5/c1-19-13-12-14-20(2)24(19)25(26(36)32-21-15-10-9-11-16-21)34(29(3,4)5)27(37)22(17-18-23(31)35)33-28(38)39-30(6,7)8/h12-14,21-22,25H,9-11,15-18H2,1-8H3,(H2,31,35)(H,32,36)(H,33,38). The Balaban J connectivity index is 2.59. The van der Waals surface area contributed by atoms with Crippen LogP contribution in [0.5, 0.6) is 0 Å². The number of nitrogens with two attached hydrogens (primary N) is 1. The molecule has 1 aliphatic rings. The maximum Gasteiger partial charge on any atom is 0.408 e. The van der Waals surface area contributed by atoms with Crippen LogP contribution in [0.25, 0.3) is 0 Å². The Hall–Kier alpha value is -3.10. The lowest BCUT2D eigenvalue weighted by Crippen LogP contribution is -2.59. The maximum atomic E-state index is 14.4. The van der Waals surface area contributed by atoms with E-state index >= 15 is 0 Å². The van der Waals surface area contributed by atoms with E-state index in [0.717, 1.165) is 48.8 Å². The third-order valence-corrected chi connectivity index (χ3v) is 6.90. The van der Waals surface area contributed by atoms with E-state index in [0.29, 0.717) is 0 Å². The summed E-state index contributed by atoms with van der Waals surface area (Å²) in [6, 6.07) is 3.75. The Kier molecular flexibility index (Phi) is 11.0. The lowest BCUT2D eigenvalue weighted by atomic mass is 9.89. The lowest BCUT2D eigenvalue weighted by Gasteiger charge is -2.44. The van der Waals surface area contributed by atoms with Gasteiger partial charge in [0.05, 0.1) is 0 Å². The molecule has 0 aliphatic heterocycles. The van der Waals surface area contributed by atoms with Gasteiger partial charge in [-0.2, -0.15) is 0 Å². The number of hydrogen-bond acceptors (Lipinski definition) is 5. The molecule has 2 atom stereocenters. The van der Waals surface area contributed by atoms with Crippen LogP contribution in [0.4, 0.5) is 4.79 Å². The summed E-state index contributed by atoms with van der Waals surface area (Å²) in [5.41, 5.74) is 6.32. The van der Waals surface area contributed by atoms with Gasteiger partial charge in [-0.3, -0.25) is 14.4 Å². The predicted octanol–water partition coefficient (Wildman–Crippen LogP) is 4.58. The zero-order valence-electron chi connectivity index (χ0n) is 25.0. The monoisotopic (exact) mass is 544 g/mol. The quantitative estimate of drug-likeness (QED) is 0.419. The van der Waals surface area contributed by atoms with Gasteiger partial charge >= 0.3 is 6.09 Å². The number of alkyl carbamates (subject to hydrolysis) is 1. The molecule has 0 heterocycles. The minimum atomic E-state index is -1.12. The fourth-order valence-corrected chi connectivity index (χ4v) is 5.17. The molecule has 4 amide bonds. The minimum absolute atomic E-state index is 0.0241. The van der Waals surface area contributed by atoms with Gasteiger partial charge in [-0.1, -0.05) is 37.5 Å². The van der Waals surface area contributed by atoms with E-state index in [1.54, 1.807) is 25.7 Å². The van der Waals surface area contributed by atoms with E-state index in [1.807, 2.05) is 52.8 Å². The second kappa shape index (κ2) is 13.3. The van der Waals surface area contributed by atoms with Crippen molar-refractivity contribution < 1.29 is 23.9 Å². The first-order valence-electron chi connectivity index (χ1n) is 14.0. The van der Waals surface area contributed by atoms with Gasteiger partial charge in [0.1, 0.15) is 17.7 Å². The molecular formula is C30H48N4O5. The average Bonchev–Trinajstić information content (AvgIpc) is 2.79. The molecule has 218 valence electrons. The van der Waals surface area contributed by atoms with Crippen molar-refractivity contribution in [2.45, 2.75) is 130 Å². The molecule has 0 spiro atoms. The van der Waals surface area contributed by atoms with Crippen LogP contribution in [-0.2, 0) is 19.1 Å². The smallest absolute Gasteiger partial charge is 0.408 e. The molecule has 1 fully saturated rings. The summed E-state index contributed by atoms with van der Waals surface area (Å²) in [5, 5.41) is 5.87. The first-order valence-corrected chi connectivity index (χ1v) is 14.0. The molecule has 0 radical (unpaired) electrons. The van der Waals surface area contributed by atoms with Gasteiger partial charge in [0.15, 0.2) is 0 Å². The summed E-state index contributed by atoms with van der Waals surface area (Å²) >= 11 is 0. The normalized spacial score (nSPS) is 16.1. The Morgan fingerprint density at radius 3 is 2.05 bits per heavy atom. The summed E-state index contributed by atoms with van der Waals surface area (Å²) in [6.45, 7) is 14.6. The van der Waals surface area contributed by atoms with E-state index in [2.05, 4.69) is 10.6 Å². The molecular weight excluding hydrogens is 496 g/mol. The lowest BCUT2D eigenvalue weighted by molar-refractivity contribution is -0.149. The van der Waals surface area contributed by atoms with E-state index in [-0.39, 0.29) is 24.8 Å². The van der Waals surface area contributed by atoms with Crippen LogP contribution in [0, 0.1) is 13.8 Å². The first-order chi connectivity index (χ1) is 18.0. The summed E-state index contributed by atoms with van der Waals surface area (Å²) in [5.74, 6) is -1.34. The summed E-state index contributed by atoms with van der Waals surface area (Å²) < 4.78 is 5.41. The van der Waals surface area contributed by atoms with E-state index in [4.69, 9.17) is 10.5 Å². The minimum Gasteiger partial charge on any atom is -0.444 e. The molecule has 0 bridgehead atoms. The first kappa shape index (κ1) is 32.1. The van der Waals surface area contributed by atoms with Crippen molar-refractivity contribution >= 4 is 23.8 Å². The van der Waals surface area contributed by atoms with Gasteiger partial charge < -0.3 is 26.0 Å². The molecule has 9 nitrogen and oxygen atoms in total. The number of aryl methyl sites for hydroxylation is 2. The van der Waals surface area contributed by atoms with Gasteiger partial charge in [-0.25, -0.2) is 4.79 Å². The van der Waals surface area contributed by atoms with Crippen LogP contribution in [0.3, 0.4) is 0 Å². The number of nitrogens with one attached hydrogen (secondary N) is 2. The molecule has 2 rings (SSSR count). The maximum absolute atomic E-state index is 14.4. The number of hydrogen-bond donors (Lipinski definition) is 3. The van der Waals surface area contributed by atoms with Crippen molar-refractivity contribution in [3.63, 3.8) is 0 Å². The van der Waals surface area contributed by atoms with Crippen LogP contribution < -0.4 is 16.4 Å². The number of rotatable bonds is 9. The third-order valence-electron chi connectivity index (χ3n) is 6.90. The van der Waals surface area contributed by atoms with Crippen molar-refractivity contribution in [1.82, 2.24) is 15.5 Å². The van der Waals surface area contributed by atoms with Crippen molar-refractivity contribution in [1.29, 1.82) is 0 Å². The van der Waals surface area contributed by atoms with Gasteiger partial charge in [-0.15, -0.1) is 0 Å². The Morgan fingerprint density at radius 2 is 1.56 bits per heavy atom. The molecule has 1 aliphatic carbocycles. The largest absolute Gasteiger partial charge is 0.444 e. The van der Waals surface area contributed by atoms with Gasteiger partial charge in [0, 0.05) is 18.0 Å². The van der Waals surface area contributed by atoms with Crippen LogP contribution in [-0.4, -0.2) is 51.9 Å². The summed E-state index contributed by atoms with van der Waals surface area (Å²) in [7, 11) is 0. The highest BCUT2D eigenvalue weighted by atomic mass is 16.6. The van der Waals surface area contributed by atoms with E-state index < -0.39 is 41.1 Å². The zero-order chi connectivity index (χ0) is 29.5. The Bertz CT molecular complexity index is 1010.